The smallest absolute Gasteiger partial charge is 0.301 e. The number of nitrogens with one attached hydrogen (secondary N) is 2. The average Bonchev–Trinajstić information content (AvgIpc) is 3.20. The Morgan fingerprint density at radius 1 is 1.00 bits per heavy atom. The topological polar surface area (TPSA) is 115 Å². The second-order valence-electron chi connectivity index (χ2n) is 8.44. The monoisotopic (exact) mass is 452 g/mol. The van der Waals surface area contributed by atoms with Crippen molar-refractivity contribution in [2.75, 3.05) is 54.9 Å². The fourth-order valence-electron chi connectivity index (χ4n) is 4.15. The van der Waals surface area contributed by atoms with Gasteiger partial charge in [-0.1, -0.05) is 17.7 Å². The Balaban J connectivity index is 1.39. The summed E-state index contributed by atoms with van der Waals surface area (Å²) in [6, 6.07) is 4.67. The maximum Gasteiger partial charge on any atom is 0.301 e. The number of anilines is 4. The molecule has 4 rings (SSSR count). The van der Waals surface area contributed by atoms with Crippen LogP contribution in [0.25, 0.3) is 0 Å². The number of aromatic nitrogens is 4. The van der Waals surface area contributed by atoms with E-state index in [2.05, 4.69) is 73.3 Å². The minimum Gasteiger partial charge on any atom is -0.427 e. The number of benzene rings is 1. The predicted molar refractivity (Wildman–Crippen MR) is 128 cm³/mol. The number of hydrogen-bond acceptors (Lipinski definition) is 10. The van der Waals surface area contributed by atoms with Crippen molar-refractivity contribution in [3.8, 4) is 0 Å². The van der Waals surface area contributed by atoms with Crippen molar-refractivity contribution in [1.82, 2.24) is 24.8 Å². The molecule has 2 aromatic heterocycles. The highest BCUT2D eigenvalue weighted by atomic mass is 16.4. The molecule has 0 spiro atoms. The van der Waals surface area contributed by atoms with Crippen molar-refractivity contribution in [2.45, 2.75) is 34.2 Å². The quantitative estimate of drug-likeness (QED) is 0.471. The third-order valence-corrected chi connectivity index (χ3v) is 5.70. The van der Waals surface area contributed by atoms with Crippen LogP contribution in [0.3, 0.4) is 0 Å². The van der Waals surface area contributed by atoms with Gasteiger partial charge in [-0.2, -0.15) is 15.0 Å². The molecule has 1 aliphatic rings. The molecule has 3 heterocycles. The van der Waals surface area contributed by atoms with E-state index in [0.29, 0.717) is 42.6 Å². The van der Waals surface area contributed by atoms with E-state index < -0.39 is 0 Å². The van der Waals surface area contributed by atoms with Crippen molar-refractivity contribution in [3.05, 3.63) is 46.6 Å². The Hall–Kier alpha value is -3.24. The van der Waals surface area contributed by atoms with Gasteiger partial charge in [-0.25, -0.2) is 4.98 Å². The summed E-state index contributed by atoms with van der Waals surface area (Å²) in [6.07, 6.45) is 1.70. The fraction of sp³-hybridized carbons (Fsp3) is 0.478. The molecule has 1 fully saturated rings. The maximum atomic E-state index is 9.13. The molecule has 176 valence electrons. The second kappa shape index (κ2) is 10.1. The van der Waals surface area contributed by atoms with Gasteiger partial charge in [-0.05, 0) is 38.8 Å². The first-order valence-electron chi connectivity index (χ1n) is 11.3. The predicted octanol–water partition coefficient (Wildman–Crippen LogP) is 2.56. The Kier molecular flexibility index (Phi) is 7.05. The molecule has 0 radical (unpaired) electrons. The molecule has 33 heavy (non-hydrogen) atoms. The highest BCUT2D eigenvalue weighted by Crippen LogP contribution is 2.23. The fourth-order valence-corrected chi connectivity index (χ4v) is 4.15. The van der Waals surface area contributed by atoms with Gasteiger partial charge in [0.25, 0.3) is 0 Å². The lowest BCUT2D eigenvalue weighted by Gasteiger charge is -2.34. The molecule has 1 saturated heterocycles. The van der Waals surface area contributed by atoms with Crippen molar-refractivity contribution < 1.29 is 9.52 Å². The summed E-state index contributed by atoms with van der Waals surface area (Å²) in [6.45, 7) is 12.9. The molecule has 10 heteroatoms. The van der Waals surface area contributed by atoms with Gasteiger partial charge in [0.05, 0.1) is 19.3 Å². The lowest BCUT2D eigenvalue weighted by atomic mass is 10.1. The van der Waals surface area contributed by atoms with Gasteiger partial charge in [0, 0.05) is 38.4 Å². The van der Waals surface area contributed by atoms with Gasteiger partial charge >= 0.3 is 6.01 Å². The molecule has 1 aromatic carbocycles. The number of aryl methyl sites for hydroxylation is 4. The third-order valence-electron chi connectivity index (χ3n) is 5.70. The molecular formula is C23H32N8O2. The normalized spacial score (nSPS) is 14.5. The highest BCUT2D eigenvalue weighted by Gasteiger charge is 2.20. The van der Waals surface area contributed by atoms with Crippen molar-refractivity contribution in [2.24, 2.45) is 0 Å². The van der Waals surface area contributed by atoms with E-state index in [-0.39, 0.29) is 6.61 Å². The Morgan fingerprint density at radius 2 is 1.73 bits per heavy atom. The van der Waals surface area contributed by atoms with Crippen LogP contribution in [0.1, 0.15) is 28.3 Å². The van der Waals surface area contributed by atoms with E-state index in [1.54, 1.807) is 6.20 Å². The van der Waals surface area contributed by atoms with Crippen LogP contribution in [0.5, 0.6) is 0 Å². The Bertz CT molecular complexity index is 1070. The zero-order valence-electron chi connectivity index (χ0n) is 19.7. The van der Waals surface area contributed by atoms with Gasteiger partial charge in [0.15, 0.2) is 0 Å². The van der Waals surface area contributed by atoms with Gasteiger partial charge in [0.2, 0.25) is 11.9 Å². The van der Waals surface area contributed by atoms with Gasteiger partial charge in [-0.15, -0.1) is 0 Å². The third kappa shape index (κ3) is 5.77. The number of aliphatic hydroxyl groups excluding tert-OH is 1. The van der Waals surface area contributed by atoms with Crippen molar-refractivity contribution in [1.29, 1.82) is 0 Å². The first kappa shape index (κ1) is 22.9. The van der Waals surface area contributed by atoms with E-state index in [0.717, 1.165) is 31.9 Å². The number of rotatable bonds is 8. The summed E-state index contributed by atoms with van der Waals surface area (Å²) in [7, 11) is 0. The van der Waals surface area contributed by atoms with E-state index in [1.807, 2.05) is 6.92 Å². The summed E-state index contributed by atoms with van der Waals surface area (Å²) in [5, 5.41) is 15.6. The minimum absolute atomic E-state index is 0.177. The number of aliphatic hydroxyl groups is 1. The van der Waals surface area contributed by atoms with Crippen LogP contribution in [-0.2, 0) is 6.54 Å². The molecule has 0 atom stereocenters. The number of β-amino-alcohol motifs (C(OH)–C–C–N with tert-alkyl or cyclic N) is 1. The van der Waals surface area contributed by atoms with Crippen molar-refractivity contribution >= 4 is 23.6 Å². The molecule has 3 aromatic rings. The molecule has 0 bridgehead atoms. The zero-order chi connectivity index (χ0) is 23.4. The molecule has 10 nitrogen and oxygen atoms in total. The number of oxazole rings is 1. The molecule has 3 N–H and O–H groups in total. The summed E-state index contributed by atoms with van der Waals surface area (Å²) in [5.41, 5.74) is 4.77. The SMILES string of the molecule is Cc1cc(C)c(NCc2cnc(Nc3nc(C)nc(N4CCN(CCO)CC4)n3)o2)c(C)c1. The lowest BCUT2D eigenvalue weighted by molar-refractivity contribution is 0.188. The lowest BCUT2D eigenvalue weighted by Crippen LogP contribution is -2.47. The number of nitrogens with zero attached hydrogens (tertiary/aromatic N) is 6. The zero-order valence-corrected chi connectivity index (χ0v) is 19.7. The van der Waals surface area contributed by atoms with Crippen molar-refractivity contribution in [3.63, 3.8) is 0 Å². The van der Waals surface area contributed by atoms with E-state index in [1.165, 1.54) is 16.7 Å². The Labute approximate surface area is 194 Å². The average molecular weight is 453 g/mol. The van der Waals surface area contributed by atoms with Crippen LogP contribution in [0, 0.1) is 27.7 Å². The first-order valence-corrected chi connectivity index (χ1v) is 11.3. The molecular weight excluding hydrogens is 420 g/mol. The first-order chi connectivity index (χ1) is 15.9. The van der Waals surface area contributed by atoms with Crippen LogP contribution in [0.2, 0.25) is 0 Å². The molecule has 0 unspecified atom stereocenters. The molecule has 0 saturated carbocycles. The minimum atomic E-state index is 0.177. The standard InChI is InChI=1S/C23H32N8O2/c1-15-11-16(2)20(17(3)12-15)24-13-19-14-25-23(33-19)29-21-26-18(4)27-22(28-21)31-7-5-30(6-8-31)9-10-32/h11-12,14,24,32H,5-10,13H2,1-4H3,(H,25,26,27,28,29). The largest absolute Gasteiger partial charge is 0.427 e. The summed E-state index contributed by atoms with van der Waals surface area (Å²) in [5.74, 6) is 2.37. The second-order valence-corrected chi connectivity index (χ2v) is 8.44. The van der Waals surface area contributed by atoms with Crippen LogP contribution >= 0.6 is 0 Å². The van der Waals surface area contributed by atoms with E-state index in [9.17, 15) is 0 Å². The van der Waals surface area contributed by atoms with E-state index in [4.69, 9.17) is 9.52 Å². The van der Waals surface area contributed by atoms with E-state index >= 15 is 0 Å². The molecule has 0 aliphatic carbocycles. The van der Waals surface area contributed by atoms with Crippen LogP contribution < -0.4 is 15.5 Å². The van der Waals surface area contributed by atoms with Crippen LogP contribution in [0.15, 0.2) is 22.7 Å². The summed E-state index contributed by atoms with van der Waals surface area (Å²) >= 11 is 0. The maximum absolute atomic E-state index is 9.13. The molecule has 0 amide bonds. The molecule has 1 aliphatic heterocycles. The van der Waals surface area contributed by atoms with Crippen LogP contribution in [0.4, 0.5) is 23.6 Å². The summed E-state index contributed by atoms with van der Waals surface area (Å²) < 4.78 is 5.85. The van der Waals surface area contributed by atoms with Gasteiger partial charge in [-0.3, -0.25) is 10.2 Å². The van der Waals surface area contributed by atoms with Gasteiger partial charge in [0.1, 0.15) is 11.6 Å². The van der Waals surface area contributed by atoms with Gasteiger partial charge < -0.3 is 19.7 Å². The number of piperazine rings is 1. The Morgan fingerprint density at radius 3 is 2.42 bits per heavy atom. The summed E-state index contributed by atoms with van der Waals surface area (Å²) in [4.78, 5) is 22.1. The van der Waals surface area contributed by atoms with Crippen LogP contribution in [-0.4, -0.2) is 69.3 Å². The number of hydrogen-bond donors (Lipinski definition) is 3. The highest BCUT2D eigenvalue weighted by molar-refractivity contribution is 5.58.